The highest BCUT2D eigenvalue weighted by Crippen LogP contribution is 2.48. The molecule has 2 rings (SSSR count). The summed E-state index contributed by atoms with van der Waals surface area (Å²) in [6.07, 6.45) is 0.936. The van der Waals surface area contributed by atoms with Crippen molar-refractivity contribution in [3.8, 4) is 0 Å². The van der Waals surface area contributed by atoms with Crippen LogP contribution in [0.25, 0.3) is 0 Å². The Balaban J connectivity index is 1.98. The first-order valence-electron chi connectivity index (χ1n) is 6.98. The average Bonchev–Trinajstić information content (AvgIpc) is 3.15. The minimum absolute atomic E-state index is 0.102. The van der Waals surface area contributed by atoms with Crippen LogP contribution in [0.3, 0.4) is 0 Å². The zero-order valence-electron chi connectivity index (χ0n) is 12.0. The second-order valence-corrected chi connectivity index (χ2v) is 6.02. The maximum Gasteiger partial charge on any atom is 0.226 e. The fourth-order valence-electron chi connectivity index (χ4n) is 2.58. The Hall–Kier alpha value is -1.35. The monoisotopic (exact) mass is 261 g/mol. The predicted octanol–water partition coefficient (Wildman–Crippen LogP) is 2.41. The fourth-order valence-corrected chi connectivity index (χ4v) is 2.58. The van der Waals surface area contributed by atoms with Gasteiger partial charge in [-0.25, -0.2) is 0 Å². The number of hydrogen-bond acceptors (Lipinski definition) is 2. The van der Waals surface area contributed by atoms with Gasteiger partial charge >= 0.3 is 0 Å². The first kappa shape index (κ1) is 14.1. The van der Waals surface area contributed by atoms with Gasteiger partial charge in [0.05, 0.1) is 5.60 Å². The molecule has 3 heteroatoms. The van der Waals surface area contributed by atoms with Gasteiger partial charge in [0.15, 0.2) is 0 Å². The third kappa shape index (κ3) is 3.57. The summed E-state index contributed by atoms with van der Waals surface area (Å²) in [5.41, 5.74) is 0.420. The second kappa shape index (κ2) is 5.33. The van der Waals surface area contributed by atoms with Crippen LogP contribution in [0.4, 0.5) is 0 Å². The molecule has 1 aromatic rings. The highest BCUT2D eigenvalue weighted by molar-refractivity contribution is 5.83. The minimum Gasteiger partial charge on any atom is -0.389 e. The number of carbonyl (C=O) groups excluding carboxylic acids is 1. The number of rotatable bonds is 5. The highest BCUT2D eigenvalue weighted by Gasteiger charge is 2.45. The number of aliphatic hydroxyl groups is 1. The van der Waals surface area contributed by atoms with Gasteiger partial charge in [0.25, 0.3) is 0 Å². The third-order valence-electron chi connectivity index (χ3n) is 3.61. The fraction of sp³-hybridized carbons (Fsp3) is 0.562. The zero-order chi connectivity index (χ0) is 14.0. The molecule has 1 aromatic carbocycles. The van der Waals surface area contributed by atoms with Gasteiger partial charge < -0.3 is 10.0 Å². The molecule has 0 radical (unpaired) electrons. The molecule has 0 bridgehead atoms. The summed E-state index contributed by atoms with van der Waals surface area (Å²) in [5, 5.41) is 9.86. The maximum absolute atomic E-state index is 12.4. The standard InChI is InChI=1S/C16H23NO2/c1-4-17(11-16(2,3)19)15(18)14-10-13(14)12-8-6-5-7-9-12/h5-9,13-14,19H,4,10-11H2,1-3H3. The van der Waals surface area contributed by atoms with Gasteiger partial charge in [-0.05, 0) is 38.7 Å². The topological polar surface area (TPSA) is 40.5 Å². The number of likely N-dealkylation sites (N-methyl/N-ethyl adjacent to an activating group) is 1. The van der Waals surface area contributed by atoms with Crippen LogP contribution in [0.15, 0.2) is 30.3 Å². The number of hydrogen-bond donors (Lipinski definition) is 1. The van der Waals surface area contributed by atoms with Crippen molar-refractivity contribution in [2.75, 3.05) is 13.1 Å². The van der Waals surface area contributed by atoms with E-state index in [0.29, 0.717) is 19.0 Å². The smallest absolute Gasteiger partial charge is 0.226 e. The average molecular weight is 261 g/mol. The van der Waals surface area contributed by atoms with Gasteiger partial charge in [-0.1, -0.05) is 30.3 Å². The molecule has 3 nitrogen and oxygen atoms in total. The summed E-state index contributed by atoms with van der Waals surface area (Å²) in [6, 6.07) is 10.2. The lowest BCUT2D eigenvalue weighted by atomic mass is 10.1. The van der Waals surface area contributed by atoms with Crippen molar-refractivity contribution in [1.82, 2.24) is 4.90 Å². The minimum atomic E-state index is -0.831. The molecule has 0 saturated heterocycles. The Morgan fingerprint density at radius 1 is 1.37 bits per heavy atom. The summed E-state index contributed by atoms with van der Waals surface area (Å²) in [4.78, 5) is 14.2. The van der Waals surface area contributed by atoms with E-state index in [-0.39, 0.29) is 11.8 Å². The van der Waals surface area contributed by atoms with E-state index in [4.69, 9.17) is 0 Å². The van der Waals surface area contributed by atoms with Crippen molar-refractivity contribution in [2.24, 2.45) is 5.92 Å². The normalized spacial score (nSPS) is 22.1. The van der Waals surface area contributed by atoms with Crippen LogP contribution in [-0.2, 0) is 4.79 Å². The van der Waals surface area contributed by atoms with Crippen molar-refractivity contribution in [3.05, 3.63) is 35.9 Å². The van der Waals surface area contributed by atoms with Crippen LogP contribution < -0.4 is 0 Å². The number of amides is 1. The predicted molar refractivity (Wildman–Crippen MR) is 75.8 cm³/mol. The van der Waals surface area contributed by atoms with Gasteiger partial charge in [0.2, 0.25) is 5.91 Å². The highest BCUT2D eigenvalue weighted by atomic mass is 16.3. The molecule has 2 unspecified atom stereocenters. The maximum atomic E-state index is 12.4. The van der Waals surface area contributed by atoms with Gasteiger partial charge in [0.1, 0.15) is 0 Å². The van der Waals surface area contributed by atoms with Crippen LogP contribution in [0.1, 0.15) is 38.7 Å². The van der Waals surface area contributed by atoms with Crippen LogP contribution >= 0.6 is 0 Å². The van der Waals surface area contributed by atoms with Gasteiger partial charge in [-0.15, -0.1) is 0 Å². The summed E-state index contributed by atoms with van der Waals surface area (Å²) in [6.45, 7) is 6.50. The van der Waals surface area contributed by atoms with E-state index in [1.54, 1.807) is 18.7 Å². The molecule has 1 saturated carbocycles. The summed E-state index contributed by atoms with van der Waals surface area (Å²) >= 11 is 0. The largest absolute Gasteiger partial charge is 0.389 e. The van der Waals surface area contributed by atoms with Crippen molar-refractivity contribution < 1.29 is 9.90 Å². The summed E-state index contributed by atoms with van der Waals surface area (Å²) in [5.74, 6) is 0.646. The number of carbonyl (C=O) groups is 1. The van der Waals surface area contributed by atoms with Gasteiger partial charge in [-0.3, -0.25) is 4.79 Å². The second-order valence-electron chi connectivity index (χ2n) is 6.02. The Labute approximate surface area is 115 Å². The lowest BCUT2D eigenvalue weighted by Gasteiger charge is -2.28. The SMILES string of the molecule is CCN(CC(C)(C)O)C(=O)C1CC1c1ccccc1. The van der Waals surface area contributed by atoms with E-state index in [1.165, 1.54) is 5.56 Å². The molecular formula is C16H23NO2. The Morgan fingerprint density at radius 2 is 2.00 bits per heavy atom. The van der Waals surface area contributed by atoms with E-state index in [2.05, 4.69) is 12.1 Å². The van der Waals surface area contributed by atoms with Crippen molar-refractivity contribution in [1.29, 1.82) is 0 Å². The van der Waals surface area contributed by atoms with Crippen LogP contribution in [0.2, 0.25) is 0 Å². The Morgan fingerprint density at radius 3 is 2.53 bits per heavy atom. The Bertz CT molecular complexity index is 436. The number of benzene rings is 1. The lowest BCUT2D eigenvalue weighted by Crippen LogP contribution is -2.42. The molecule has 1 fully saturated rings. The van der Waals surface area contributed by atoms with E-state index in [9.17, 15) is 9.90 Å². The molecule has 104 valence electrons. The molecule has 0 heterocycles. The van der Waals surface area contributed by atoms with Crippen molar-refractivity contribution in [2.45, 2.75) is 38.7 Å². The van der Waals surface area contributed by atoms with Gasteiger partial charge in [-0.2, -0.15) is 0 Å². The van der Waals surface area contributed by atoms with E-state index in [1.807, 2.05) is 25.1 Å². The lowest BCUT2D eigenvalue weighted by molar-refractivity contribution is -0.135. The molecular weight excluding hydrogens is 238 g/mol. The van der Waals surface area contributed by atoms with Gasteiger partial charge in [0, 0.05) is 19.0 Å². The third-order valence-corrected chi connectivity index (χ3v) is 3.61. The zero-order valence-corrected chi connectivity index (χ0v) is 12.0. The van der Waals surface area contributed by atoms with E-state index >= 15 is 0 Å². The molecule has 0 aliphatic heterocycles. The molecule has 1 aliphatic rings. The molecule has 2 atom stereocenters. The Kier molecular flexibility index (Phi) is 3.95. The van der Waals surface area contributed by atoms with E-state index in [0.717, 1.165) is 6.42 Å². The van der Waals surface area contributed by atoms with Crippen LogP contribution in [0.5, 0.6) is 0 Å². The molecule has 1 amide bonds. The van der Waals surface area contributed by atoms with Crippen molar-refractivity contribution in [3.63, 3.8) is 0 Å². The molecule has 19 heavy (non-hydrogen) atoms. The van der Waals surface area contributed by atoms with Crippen LogP contribution in [-0.4, -0.2) is 34.6 Å². The molecule has 0 aromatic heterocycles. The summed E-state index contributed by atoms with van der Waals surface area (Å²) < 4.78 is 0. The number of nitrogens with zero attached hydrogens (tertiary/aromatic N) is 1. The molecule has 1 N–H and O–H groups in total. The summed E-state index contributed by atoms with van der Waals surface area (Å²) in [7, 11) is 0. The first-order valence-corrected chi connectivity index (χ1v) is 6.98. The molecule has 0 spiro atoms. The quantitative estimate of drug-likeness (QED) is 0.884. The van der Waals surface area contributed by atoms with Crippen LogP contribution in [0, 0.1) is 5.92 Å². The van der Waals surface area contributed by atoms with Crippen molar-refractivity contribution >= 4 is 5.91 Å². The molecule has 1 aliphatic carbocycles. The first-order chi connectivity index (χ1) is 8.92. The van der Waals surface area contributed by atoms with E-state index < -0.39 is 5.60 Å².